The van der Waals surface area contributed by atoms with E-state index in [9.17, 15) is 0 Å². The van der Waals surface area contributed by atoms with E-state index in [1.807, 2.05) is 30.3 Å². The second-order valence-corrected chi connectivity index (χ2v) is 3.18. The molecule has 14 heavy (non-hydrogen) atoms. The number of methoxy groups -OCH3 is 1. The van der Waals surface area contributed by atoms with Gasteiger partial charge in [0.2, 0.25) is 0 Å². The minimum absolute atomic E-state index is 0.126. The van der Waals surface area contributed by atoms with Crippen LogP contribution in [0.25, 0.3) is 0 Å². The lowest BCUT2D eigenvalue weighted by Gasteiger charge is -2.20. The standard InChI is InChI=1S/C11H14O3/c1-12-10(11-13-7-8-14-11)9-5-3-2-4-6-9/h2-6,10-11H,7-8H2,1H3. The molecular formula is C11H14O3. The van der Waals surface area contributed by atoms with Crippen LogP contribution in [0.2, 0.25) is 0 Å². The van der Waals surface area contributed by atoms with Crippen LogP contribution in [0.3, 0.4) is 0 Å². The first kappa shape index (κ1) is 9.65. The largest absolute Gasteiger partial charge is 0.371 e. The molecule has 0 aromatic heterocycles. The summed E-state index contributed by atoms with van der Waals surface area (Å²) in [6.07, 6.45) is -0.388. The molecule has 1 aromatic rings. The Kier molecular flexibility index (Phi) is 3.14. The zero-order valence-corrected chi connectivity index (χ0v) is 8.18. The predicted octanol–water partition coefficient (Wildman–Crippen LogP) is 1.75. The van der Waals surface area contributed by atoms with Crippen molar-refractivity contribution < 1.29 is 14.2 Å². The highest BCUT2D eigenvalue weighted by Crippen LogP contribution is 2.25. The Morgan fingerprint density at radius 2 is 1.86 bits per heavy atom. The van der Waals surface area contributed by atoms with Crippen molar-refractivity contribution in [1.82, 2.24) is 0 Å². The summed E-state index contributed by atoms with van der Waals surface area (Å²) >= 11 is 0. The molecule has 0 N–H and O–H groups in total. The number of benzene rings is 1. The summed E-state index contributed by atoms with van der Waals surface area (Å²) < 4.78 is 16.2. The Bertz CT molecular complexity index is 267. The third-order valence-corrected chi connectivity index (χ3v) is 2.28. The van der Waals surface area contributed by atoms with Crippen molar-refractivity contribution in [2.45, 2.75) is 12.4 Å². The summed E-state index contributed by atoms with van der Waals surface area (Å²) in [7, 11) is 1.67. The van der Waals surface area contributed by atoms with Crippen LogP contribution in [0.4, 0.5) is 0 Å². The van der Waals surface area contributed by atoms with Crippen molar-refractivity contribution in [2.24, 2.45) is 0 Å². The molecule has 0 aliphatic carbocycles. The second-order valence-electron chi connectivity index (χ2n) is 3.18. The van der Waals surface area contributed by atoms with Crippen molar-refractivity contribution >= 4 is 0 Å². The quantitative estimate of drug-likeness (QED) is 0.733. The van der Waals surface area contributed by atoms with Crippen molar-refractivity contribution in [3.05, 3.63) is 35.9 Å². The summed E-state index contributed by atoms with van der Waals surface area (Å²) in [6.45, 7) is 1.30. The SMILES string of the molecule is COC(c1ccccc1)C1OCCO1. The fourth-order valence-corrected chi connectivity index (χ4v) is 1.60. The maximum Gasteiger partial charge on any atom is 0.188 e. The van der Waals surface area contributed by atoms with Gasteiger partial charge in [-0.15, -0.1) is 0 Å². The maximum atomic E-state index is 5.41. The Hall–Kier alpha value is -0.900. The van der Waals surface area contributed by atoms with Gasteiger partial charge in [0, 0.05) is 7.11 Å². The van der Waals surface area contributed by atoms with Crippen molar-refractivity contribution in [3.8, 4) is 0 Å². The smallest absolute Gasteiger partial charge is 0.188 e. The molecule has 1 heterocycles. The Balaban J connectivity index is 2.12. The normalized spacial score (nSPS) is 19.8. The molecule has 1 unspecified atom stereocenters. The van der Waals surface area contributed by atoms with Crippen LogP contribution in [-0.2, 0) is 14.2 Å². The van der Waals surface area contributed by atoms with Crippen molar-refractivity contribution in [1.29, 1.82) is 0 Å². The van der Waals surface area contributed by atoms with Crippen molar-refractivity contribution in [2.75, 3.05) is 20.3 Å². The second kappa shape index (κ2) is 4.55. The monoisotopic (exact) mass is 194 g/mol. The van der Waals surface area contributed by atoms with Crippen LogP contribution < -0.4 is 0 Å². The molecule has 1 atom stereocenters. The zero-order valence-electron chi connectivity index (χ0n) is 8.18. The fraction of sp³-hybridized carbons (Fsp3) is 0.455. The van der Waals surface area contributed by atoms with E-state index in [-0.39, 0.29) is 12.4 Å². The predicted molar refractivity (Wildman–Crippen MR) is 51.9 cm³/mol. The Morgan fingerprint density at radius 3 is 2.43 bits per heavy atom. The van der Waals surface area contributed by atoms with E-state index < -0.39 is 0 Å². The van der Waals surface area contributed by atoms with E-state index in [1.165, 1.54) is 0 Å². The van der Waals surface area contributed by atoms with Crippen LogP contribution in [0, 0.1) is 0 Å². The lowest BCUT2D eigenvalue weighted by Crippen LogP contribution is -2.21. The minimum Gasteiger partial charge on any atom is -0.371 e. The highest BCUT2D eigenvalue weighted by molar-refractivity contribution is 5.18. The average molecular weight is 194 g/mol. The average Bonchev–Trinajstić information content (AvgIpc) is 2.74. The third kappa shape index (κ3) is 1.95. The first-order chi connectivity index (χ1) is 6.92. The molecule has 0 amide bonds. The van der Waals surface area contributed by atoms with E-state index in [0.717, 1.165) is 5.56 Å². The molecule has 1 aliphatic heterocycles. The summed E-state index contributed by atoms with van der Waals surface area (Å²) in [5.74, 6) is 0. The van der Waals surface area contributed by atoms with Gasteiger partial charge in [-0.25, -0.2) is 0 Å². The molecule has 2 rings (SSSR count). The van der Waals surface area contributed by atoms with Gasteiger partial charge in [0.25, 0.3) is 0 Å². The molecule has 3 nitrogen and oxygen atoms in total. The molecule has 1 saturated heterocycles. The Morgan fingerprint density at radius 1 is 1.21 bits per heavy atom. The lowest BCUT2D eigenvalue weighted by molar-refractivity contribution is -0.135. The minimum atomic E-state index is -0.262. The van der Waals surface area contributed by atoms with E-state index in [0.29, 0.717) is 13.2 Å². The van der Waals surface area contributed by atoms with Gasteiger partial charge in [-0.1, -0.05) is 30.3 Å². The molecule has 1 aromatic carbocycles. The summed E-state index contributed by atoms with van der Waals surface area (Å²) in [5.41, 5.74) is 1.09. The van der Waals surface area contributed by atoms with Gasteiger partial charge < -0.3 is 14.2 Å². The zero-order chi connectivity index (χ0) is 9.80. The van der Waals surface area contributed by atoms with Gasteiger partial charge in [-0.2, -0.15) is 0 Å². The first-order valence-corrected chi connectivity index (χ1v) is 4.73. The molecule has 0 saturated carbocycles. The van der Waals surface area contributed by atoms with Crippen LogP contribution in [-0.4, -0.2) is 26.6 Å². The van der Waals surface area contributed by atoms with Gasteiger partial charge >= 0.3 is 0 Å². The van der Waals surface area contributed by atoms with Gasteiger partial charge in [-0.3, -0.25) is 0 Å². The molecular weight excluding hydrogens is 180 g/mol. The van der Waals surface area contributed by atoms with E-state index >= 15 is 0 Å². The molecule has 76 valence electrons. The number of hydrogen-bond donors (Lipinski definition) is 0. The fourth-order valence-electron chi connectivity index (χ4n) is 1.60. The number of rotatable bonds is 3. The first-order valence-electron chi connectivity index (χ1n) is 4.73. The van der Waals surface area contributed by atoms with E-state index in [1.54, 1.807) is 7.11 Å². The van der Waals surface area contributed by atoms with Gasteiger partial charge in [-0.05, 0) is 5.56 Å². The summed E-state index contributed by atoms with van der Waals surface area (Å²) in [6, 6.07) is 9.97. The molecule has 3 heteroatoms. The Labute approximate surface area is 83.6 Å². The topological polar surface area (TPSA) is 27.7 Å². The summed E-state index contributed by atoms with van der Waals surface area (Å²) in [5, 5.41) is 0. The van der Waals surface area contributed by atoms with Crippen molar-refractivity contribution in [3.63, 3.8) is 0 Å². The van der Waals surface area contributed by atoms with Gasteiger partial charge in [0.15, 0.2) is 6.29 Å². The number of ether oxygens (including phenoxy) is 3. The lowest BCUT2D eigenvalue weighted by atomic mass is 10.1. The third-order valence-electron chi connectivity index (χ3n) is 2.28. The van der Waals surface area contributed by atoms with Crippen LogP contribution in [0.15, 0.2) is 30.3 Å². The van der Waals surface area contributed by atoms with Gasteiger partial charge in [0.1, 0.15) is 6.10 Å². The molecule has 0 bridgehead atoms. The van der Waals surface area contributed by atoms with Gasteiger partial charge in [0.05, 0.1) is 13.2 Å². The molecule has 0 radical (unpaired) electrons. The number of hydrogen-bond acceptors (Lipinski definition) is 3. The molecule has 1 aliphatic rings. The maximum absolute atomic E-state index is 5.41. The van der Waals surface area contributed by atoms with E-state index in [4.69, 9.17) is 14.2 Å². The molecule has 1 fully saturated rings. The van der Waals surface area contributed by atoms with Crippen LogP contribution in [0.1, 0.15) is 11.7 Å². The van der Waals surface area contributed by atoms with Crippen LogP contribution >= 0.6 is 0 Å². The molecule has 0 spiro atoms. The van der Waals surface area contributed by atoms with Crippen LogP contribution in [0.5, 0.6) is 0 Å². The highest BCUT2D eigenvalue weighted by atomic mass is 16.7. The summed E-state index contributed by atoms with van der Waals surface area (Å²) in [4.78, 5) is 0. The van der Waals surface area contributed by atoms with E-state index in [2.05, 4.69) is 0 Å². The highest BCUT2D eigenvalue weighted by Gasteiger charge is 2.27.